The van der Waals surface area contributed by atoms with E-state index in [4.69, 9.17) is 19.7 Å². The normalized spacial score (nSPS) is 39.0. The van der Waals surface area contributed by atoms with Gasteiger partial charge in [-0.25, -0.2) is 0 Å². The molecule has 1 rings (SSSR count). The van der Waals surface area contributed by atoms with Gasteiger partial charge in [0.2, 0.25) is 0 Å². The lowest BCUT2D eigenvalue weighted by Crippen LogP contribution is -2.43. The van der Waals surface area contributed by atoms with E-state index < -0.39 is 6.29 Å². The minimum atomic E-state index is -0.505. The van der Waals surface area contributed by atoms with Gasteiger partial charge in [0, 0.05) is 5.41 Å². The van der Waals surface area contributed by atoms with Gasteiger partial charge in [-0.1, -0.05) is 6.92 Å². The molecule has 4 nitrogen and oxygen atoms in total. The standard InChI is InChI=1S/C7H14O4/c1-7(3-9)4-10-6(2-8)11-5-7/h6,8-9H,2-5H2,1H3. The van der Waals surface area contributed by atoms with E-state index >= 15 is 0 Å². The highest BCUT2D eigenvalue weighted by molar-refractivity contribution is 4.75. The SMILES string of the molecule is CC1(CO)COC(CO)OC1. The van der Waals surface area contributed by atoms with Crippen LogP contribution in [0.1, 0.15) is 6.92 Å². The number of hydrogen-bond acceptors (Lipinski definition) is 4. The highest BCUT2D eigenvalue weighted by Crippen LogP contribution is 2.22. The fraction of sp³-hybridized carbons (Fsp3) is 1.00. The molecule has 1 aliphatic heterocycles. The Kier molecular flexibility index (Phi) is 2.84. The van der Waals surface area contributed by atoms with E-state index in [1.807, 2.05) is 6.92 Å². The van der Waals surface area contributed by atoms with E-state index in [1.54, 1.807) is 0 Å². The minimum Gasteiger partial charge on any atom is -0.396 e. The monoisotopic (exact) mass is 162 g/mol. The molecule has 1 fully saturated rings. The summed E-state index contributed by atoms with van der Waals surface area (Å²) >= 11 is 0. The van der Waals surface area contributed by atoms with E-state index in [-0.39, 0.29) is 18.6 Å². The van der Waals surface area contributed by atoms with Crippen LogP contribution in [0.3, 0.4) is 0 Å². The Morgan fingerprint density at radius 2 is 1.91 bits per heavy atom. The van der Waals surface area contributed by atoms with Crippen molar-refractivity contribution in [1.29, 1.82) is 0 Å². The van der Waals surface area contributed by atoms with Gasteiger partial charge < -0.3 is 19.7 Å². The Balaban J connectivity index is 2.35. The Labute approximate surface area is 65.7 Å². The third kappa shape index (κ3) is 2.13. The molecule has 0 bridgehead atoms. The fourth-order valence-electron chi connectivity index (χ4n) is 0.875. The zero-order valence-corrected chi connectivity index (χ0v) is 6.62. The molecular formula is C7H14O4. The molecule has 0 aromatic heterocycles. The van der Waals surface area contributed by atoms with Crippen LogP contribution in [-0.2, 0) is 9.47 Å². The lowest BCUT2D eigenvalue weighted by molar-refractivity contribution is -0.243. The smallest absolute Gasteiger partial charge is 0.180 e. The van der Waals surface area contributed by atoms with Gasteiger partial charge in [-0.15, -0.1) is 0 Å². The number of hydrogen-bond donors (Lipinski definition) is 2. The molecule has 0 aliphatic carbocycles. The summed E-state index contributed by atoms with van der Waals surface area (Å²) in [7, 11) is 0. The molecule has 0 amide bonds. The molecule has 1 heterocycles. The van der Waals surface area contributed by atoms with E-state index in [2.05, 4.69) is 0 Å². The molecule has 0 aromatic rings. The van der Waals surface area contributed by atoms with Crippen molar-refractivity contribution in [3.63, 3.8) is 0 Å². The van der Waals surface area contributed by atoms with Crippen LogP contribution in [-0.4, -0.2) is 42.9 Å². The number of aliphatic hydroxyl groups excluding tert-OH is 2. The zero-order valence-electron chi connectivity index (χ0n) is 6.62. The van der Waals surface area contributed by atoms with Gasteiger partial charge in [0.25, 0.3) is 0 Å². The Morgan fingerprint density at radius 3 is 2.27 bits per heavy atom. The maximum absolute atomic E-state index is 8.89. The van der Waals surface area contributed by atoms with E-state index in [0.717, 1.165) is 0 Å². The second-order valence-electron chi connectivity index (χ2n) is 3.20. The first-order valence-electron chi connectivity index (χ1n) is 3.65. The first-order chi connectivity index (χ1) is 5.20. The molecule has 4 heteroatoms. The summed E-state index contributed by atoms with van der Waals surface area (Å²) in [6.07, 6.45) is -0.505. The molecule has 2 N–H and O–H groups in total. The van der Waals surface area contributed by atoms with Crippen molar-refractivity contribution in [2.24, 2.45) is 5.41 Å². The summed E-state index contributed by atoms with van der Waals surface area (Å²) < 4.78 is 10.2. The van der Waals surface area contributed by atoms with Crippen molar-refractivity contribution >= 4 is 0 Å². The zero-order chi connectivity index (χ0) is 8.32. The van der Waals surface area contributed by atoms with Crippen molar-refractivity contribution in [3.05, 3.63) is 0 Å². The third-order valence-electron chi connectivity index (χ3n) is 1.77. The Hall–Kier alpha value is -0.160. The molecule has 0 radical (unpaired) electrons. The van der Waals surface area contributed by atoms with Gasteiger partial charge in [-0.05, 0) is 0 Å². The Morgan fingerprint density at radius 1 is 1.36 bits per heavy atom. The lowest BCUT2D eigenvalue weighted by atomic mass is 9.94. The second kappa shape index (κ2) is 3.49. The van der Waals surface area contributed by atoms with Crippen LogP contribution >= 0.6 is 0 Å². The second-order valence-corrected chi connectivity index (χ2v) is 3.20. The topological polar surface area (TPSA) is 58.9 Å². The summed E-state index contributed by atoms with van der Waals surface area (Å²) in [5.41, 5.74) is -0.300. The molecule has 0 saturated carbocycles. The highest BCUT2D eigenvalue weighted by Gasteiger charge is 2.31. The molecule has 0 unspecified atom stereocenters. The molecule has 0 atom stereocenters. The maximum atomic E-state index is 8.89. The van der Waals surface area contributed by atoms with Crippen LogP contribution < -0.4 is 0 Å². The quantitative estimate of drug-likeness (QED) is 0.566. The minimum absolute atomic E-state index is 0.0468. The molecule has 66 valence electrons. The molecule has 1 aliphatic rings. The van der Waals surface area contributed by atoms with Gasteiger partial charge >= 0.3 is 0 Å². The predicted octanol–water partition coefficient (Wildman–Crippen LogP) is -0.650. The summed E-state index contributed by atoms with van der Waals surface area (Å²) in [6, 6.07) is 0. The lowest BCUT2D eigenvalue weighted by Gasteiger charge is -2.35. The molecule has 0 aromatic carbocycles. The van der Waals surface area contributed by atoms with Crippen molar-refractivity contribution in [2.75, 3.05) is 26.4 Å². The molecule has 0 spiro atoms. The van der Waals surface area contributed by atoms with E-state index in [9.17, 15) is 0 Å². The predicted molar refractivity (Wildman–Crippen MR) is 38.0 cm³/mol. The maximum Gasteiger partial charge on any atom is 0.180 e. The third-order valence-corrected chi connectivity index (χ3v) is 1.77. The summed E-state index contributed by atoms with van der Waals surface area (Å²) in [5.74, 6) is 0. The van der Waals surface area contributed by atoms with Gasteiger partial charge in [0.1, 0.15) is 0 Å². The van der Waals surface area contributed by atoms with Crippen molar-refractivity contribution in [1.82, 2.24) is 0 Å². The van der Waals surface area contributed by atoms with Crippen LogP contribution in [0.4, 0.5) is 0 Å². The summed E-state index contributed by atoms with van der Waals surface area (Å²) in [4.78, 5) is 0. The van der Waals surface area contributed by atoms with E-state index in [0.29, 0.717) is 13.2 Å². The fourth-order valence-corrected chi connectivity index (χ4v) is 0.875. The number of ether oxygens (including phenoxy) is 2. The van der Waals surface area contributed by atoms with Crippen molar-refractivity contribution in [2.45, 2.75) is 13.2 Å². The number of aliphatic hydroxyl groups is 2. The largest absolute Gasteiger partial charge is 0.396 e. The Bertz CT molecular complexity index is 118. The van der Waals surface area contributed by atoms with Gasteiger partial charge in [0.05, 0.1) is 26.4 Å². The average Bonchev–Trinajstić information content (AvgIpc) is 2.06. The molecule has 11 heavy (non-hydrogen) atoms. The van der Waals surface area contributed by atoms with Crippen molar-refractivity contribution < 1.29 is 19.7 Å². The first-order valence-corrected chi connectivity index (χ1v) is 3.65. The van der Waals surface area contributed by atoms with Crippen LogP contribution in [0.2, 0.25) is 0 Å². The summed E-state index contributed by atoms with van der Waals surface area (Å²) in [5, 5.41) is 17.5. The van der Waals surface area contributed by atoms with Gasteiger partial charge in [-0.3, -0.25) is 0 Å². The van der Waals surface area contributed by atoms with Gasteiger partial charge in [-0.2, -0.15) is 0 Å². The number of rotatable bonds is 2. The highest BCUT2D eigenvalue weighted by atomic mass is 16.7. The van der Waals surface area contributed by atoms with Gasteiger partial charge in [0.15, 0.2) is 6.29 Å². The van der Waals surface area contributed by atoms with Crippen LogP contribution in [0.5, 0.6) is 0 Å². The summed E-state index contributed by atoms with van der Waals surface area (Å²) in [6.45, 7) is 2.68. The van der Waals surface area contributed by atoms with E-state index in [1.165, 1.54) is 0 Å². The average molecular weight is 162 g/mol. The van der Waals surface area contributed by atoms with Crippen LogP contribution in [0, 0.1) is 5.41 Å². The molecular weight excluding hydrogens is 148 g/mol. The van der Waals surface area contributed by atoms with Crippen molar-refractivity contribution in [3.8, 4) is 0 Å². The van der Waals surface area contributed by atoms with Crippen LogP contribution in [0.25, 0.3) is 0 Å². The molecule has 1 saturated heterocycles. The van der Waals surface area contributed by atoms with Crippen LogP contribution in [0.15, 0.2) is 0 Å². The first kappa shape index (κ1) is 8.93.